The molecule has 1 heterocycles. The topological polar surface area (TPSA) is 55.8 Å². The highest BCUT2D eigenvalue weighted by Gasteiger charge is 2.38. The number of nitrogens with one attached hydrogen (secondary N) is 1. The number of aliphatic hydroxyl groups is 1. The van der Waals surface area contributed by atoms with E-state index in [1.165, 1.54) is 0 Å². The van der Waals surface area contributed by atoms with Crippen molar-refractivity contribution in [1.29, 1.82) is 0 Å². The third-order valence-corrected chi connectivity index (χ3v) is 5.21. The number of piperidine rings is 1. The average molecular weight is 321 g/mol. The molecule has 0 aromatic heterocycles. The van der Waals surface area contributed by atoms with Crippen LogP contribution in [0.5, 0.6) is 0 Å². The summed E-state index contributed by atoms with van der Waals surface area (Å²) in [5.74, 6) is 0.414. The van der Waals surface area contributed by atoms with Gasteiger partial charge in [0.05, 0.1) is 5.76 Å². The van der Waals surface area contributed by atoms with Crippen LogP contribution in [0.25, 0.3) is 0 Å². The molecule has 2 rings (SSSR count). The Bertz CT molecular complexity index is 510. The van der Waals surface area contributed by atoms with E-state index in [9.17, 15) is 9.90 Å². The molecule has 5 nitrogen and oxygen atoms in total. The summed E-state index contributed by atoms with van der Waals surface area (Å²) in [6, 6.07) is 0.221. The van der Waals surface area contributed by atoms with Crippen LogP contribution >= 0.6 is 0 Å². The van der Waals surface area contributed by atoms with Crippen LogP contribution in [0.2, 0.25) is 0 Å². The fourth-order valence-electron chi connectivity index (χ4n) is 3.86. The minimum Gasteiger partial charge on any atom is -0.512 e. The normalized spacial score (nSPS) is 26.0. The average Bonchev–Trinajstić information content (AvgIpc) is 2.46. The molecule has 0 spiro atoms. The molecule has 0 aromatic rings. The van der Waals surface area contributed by atoms with Crippen LogP contribution in [0, 0.1) is 5.41 Å². The summed E-state index contributed by atoms with van der Waals surface area (Å²) in [5.41, 5.74) is 1.24. The molecule has 2 amide bonds. The van der Waals surface area contributed by atoms with E-state index >= 15 is 0 Å². The fraction of sp³-hybridized carbons (Fsp3) is 0.722. The van der Waals surface area contributed by atoms with Crippen molar-refractivity contribution in [3.63, 3.8) is 0 Å². The molecule has 1 fully saturated rings. The number of rotatable bonds is 3. The Labute approximate surface area is 140 Å². The molecule has 23 heavy (non-hydrogen) atoms. The number of nitrogens with zero attached hydrogens (tertiary/aromatic N) is 2. The summed E-state index contributed by atoms with van der Waals surface area (Å²) in [6.07, 6.45) is 6.10. The molecule has 130 valence electrons. The molecule has 1 aliphatic carbocycles. The van der Waals surface area contributed by atoms with Gasteiger partial charge >= 0.3 is 6.03 Å². The van der Waals surface area contributed by atoms with Crippen molar-refractivity contribution in [1.82, 2.24) is 15.1 Å². The third-order valence-electron chi connectivity index (χ3n) is 5.21. The lowest BCUT2D eigenvalue weighted by molar-refractivity contribution is 0.0448. The van der Waals surface area contributed by atoms with Gasteiger partial charge in [-0.1, -0.05) is 19.9 Å². The summed E-state index contributed by atoms with van der Waals surface area (Å²) in [6.45, 7) is 8.50. The molecule has 2 unspecified atom stereocenters. The molecule has 2 aliphatic rings. The van der Waals surface area contributed by atoms with Crippen molar-refractivity contribution in [2.45, 2.75) is 52.1 Å². The van der Waals surface area contributed by atoms with Gasteiger partial charge in [-0.2, -0.15) is 0 Å². The summed E-state index contributed by atoms with van der Waals surface area (Å²) in [5, 5.41) is 12.5. The molecular formula is C18H31N3O2. The van der Waals surface area contributed by atoms with E-state index in [-0.39, 0.29) is 23.5 Å². The van der Waals surface area contributed by atoms with Crippen LogP contribution in [-0.4, -0.2) is 60.2 Å². The Morgan fingerprint density at radius 2 is 2.13 bits per heavy atom. The number of hydrogen-bond acceptors (Lipinski definition) is 3. The molecule has 1 aliphatic heterocycles. The number of aliphatic hydroxyl groups excluding tert-OH is 1. The highest BCUT2D eigenvalue weighted by molar-refractivity contribution is 5.75. The van der Waals surface area contributed by atoms with Gasteiger partial charge in [-0.25, -0.2) is 4.79 Å². The molecular weight excluding hydrogens is 290 g/mol. The zero-order valence-electron chi connectivity index (χ0n) is 15.1. The summed E-state index contributed by atoms with van der Waals surface area (Å²) in [4.78, 5) is 16.8. The maximum atomic E-state index is 12.6. The molecule has 5 heteroatoms. The maximum absolute atomic E-state index is 12.6. The number of likely N-dealkylation sites (tertiary alicyclic amines) is 1. The summed E-state index contributed by atoms with van der Waals surface area (Å²) < 4.78 is 0. The number of hydrogen-bond donors (Lipinski definition) is 2. The minimum atomic E-state index is -0.0141. The van der Waals surface area contributed by atoms with E-state index in [2.05, 4.69) is 31.1 Å². The SMILES string of the molecule is CC(NC(=O)N(C)C1CCN(C)CC1(C)C)C1=CC=C(O)CC1. The van der Waals surface area contributed by atoms with Gasteiger partial charge in [0.2, 0.25) is 0 Å². The second kappa shape index (κ2) is 6.95. The van der Waals surface area contributed by atoms with Crippen LogP contribution in [-0.2, 0) is 0 Å². The van der Waals surface area contributed by atoms with Gasteiger partial charge in [-0.05, 0) is 50.4 Å². The van der Waals surface area contributed by atoms with Gasteiger partial charge in [0.1, 0.15) is 0 Å². The molecule has 0 aromatic carbocycles. The molecule has 0 radical (unpaired) electrons. The number of urea groups is 1. The van der Waals surface area contributed by atoms with Gasteiger partial charge in [0, 0.05) is 32.1 Å². The van der Waals surface area contributed by atoms with E-state index in [0.29, 0.717) is 12.2 Å². The second-order valence-corrected chi connectivity index (χ2v) is 7.71. The Morgan fingerprint density at radius 3 is 2.70 bits per heavy atom. The molecule has 1 saturated heterocycles. The number of carbonyl (C=O) groups excluding carboxylic acids is 1. The zero-order valence-corrected chi connectivity index (χ0v) is 15.1. The summed E-state index contributed by atoms with van der Waals surface area (Å²) in [7, 11) is 4.04. The zero-order chi connectivity index (χ0) is 17.2. The number of allylic oxidation sites excluding steroid dienone is 3. The van der Waals surface area contributed by atoms with E-state index in [0.717, 1.165) is 31.5 Å². The minimum absolute atomic E-state index is 0.0105. The second-order valence-electron chi connectivity index (χ2n) is 7.71. The van der Waals surface area contributed by atoms with Crippen molar-refractivity contribution in [3.05, 3.63) is 23.5 Å². The number of carbonyl (C=O) groups is 1. The lowest BCUT2D eigenvalue weighted by Crippen LogP contribution is -2.57. The van der Waals surface area contributed by atoms with Crippen LogP contribution in [0.4, 0.5) is 4.79 Å². The van der Waals surface area contributed by atoms with E-state index in [1.807, 2.05) is 24.9 Å². The Morgan fingerprint density at radius 1 is 1.43 bits per heavy atom. The Hall–Kier alpha value is -1.49. The first-order valence-electron chi connectivity index (χ1n) is 8.51. The first kappa shape index (κ1) is 17.9. The van der Waals surface area contributed by atoms with Crippen molar-refractivity contribution in [3.8, 4) is 0 Å². The van der Waals surface area contributed by atoms with Gasteiger partial charge in [-0.3, -0.25) is 0 Å². The molecule has 0 saturated carbocycles. The first-order valence-corrected chi connectivity index (χ1v) is 8.51. The van der Waals surface area contributed by atoms with Crippen molar-refractivity contribution < 1.29 is 9.90 Å². The monoisotopic (exact) mass is 321 g/mol. The van der Waals surface area contributed by atoms with Crippen LogP contribution in [0.1, 0.15) is 40.0 Å². The quantitative estimate of drug-likeness (QED) is 0.840. The Kier molecular flexibility index (Phi) is 5.40. The maximum Gasteiger partial charge on any atom is 0.317 e. The summed E-state index contributed by atoms with van der Waals surface area (Å²) >= 11 is 0. The predicted molar refractivity (Wildman–Crippen MR) is 93.5 cm³/mol. The fourth-order valence-corrected chi connectivity index (χ4v) is 3.86. The molecule has 2 atom stereocenters. The van der Waals surface area contributed by atoms with Gasteiger partial charge in [0.25, 0.3) is 0 Å². The largest absolute Gasteiger partial charge is 0.512 e. The highest BCUT2D eigenvalue weighted by atomic mass is 16.3. The standard InChI is InChI=1S/C18H31N3O2/c1-13(14-6-8-15(22)9-7-14)19-17(23)21(5)16-10-11-20(4)12-18(16,2)3/h6,8,13,16,22H,7,9-12H2,1-5H3,(H,19,23). The van der Waals surface area contributed by atoms with Crippen LogP contribution < -0.4 is 5.32 Å². The lowest BCUT2D eigenvalue weighted by atomic mass is 9.78. The Balaban J connectivity index is 1.97. The highest BCUT2D eigenvalue weighted by Crippen LogP contribution is 2.32. The van der Waals surface area contributed by atoms with Gasteiger partial charge < -0.3 is 20.2 Å². The third kappa shape index (κ3) is 4.28. The molecule has 0 bridgehead atoms. The van der Waals surface area contributed by atoms with E-state index < -0.39 is 0 Å². The van der Waals surface area contributed by atoms with Gasteiger partial charge in [0.15, 0.2) is 0 Å². The smallest absolute Gasteiger partial charge is 0.317 e. The van der Waals surface area contributed by atoms with Crippen LogP contribution in [0.15, 0.2) is 23.5 Å². The van der Waals surface area contributed by atoms with Crippen molar-refractivity contribution in [2.24, 2.45) is 5.41 Å². The molecule has 2 N–H and O–H groups in total. The lowest BCUT2D eigenvalue weighted by Gasteiger charge is -2.47. The van der Waals surface area contributed by atoms with Gasteiger partial charge in [-0.15, -0.1) is 0 Å². The van der Waals surface area contributed by atoms with E-state index in [4.69, 9.17) is 0 Å². The predicted octanol–water partition coefficient (Wildman–Crippen LogP) is 2.91. The van der Waals surface area contributed by atoms with E-state index in [1.54, 1.807) is 6.08 Å². The van der Waals surface area contributed by atoms with Crippen LogP contribution in [0.3, 0.4) is 0 Å². The van der Waals surface area contributed by atoms with Crippen molar-refractivity contribution in [2.75, 3.05) is 27.2 Å². The van der Waals surface area contributed by atoms with Crippen molar-refractivity contribution >= 4 is 6.03 Å². The number of amides is 2. The first-order chi connectivity index (χ1) is 10.7.